The highest BCUT2D eigenvalue weighted by molar-refractivity contribution is 6.38. The summed E-state index contributed by atoms with van der Waals surface area (Å²) < 4.78 is 0. The Balaban J connectivity index is 1.90. The second-order valence-electron chi connectivity index (χ2n) is 12.3. The van der Waals surface area contributed by atoms with Gasteiger partial charge in [0.05, 0.1) is 11.0 Å². The fraction of sp³-hybridized carbons (Fsp3) is 0.324. The van der Waals surface area contributed by atoms with E-state index in [9.17, 15) is 0 Å². The van der Waals surface area contributed by atoms with Crippen LogP contribution in [0.5, 0.6) is 0 Å². The predicted octanol–water partition coefficient (Wildman–Crippen LogP) is 10.6. The van der Waals surface area contributed by atoms with Crippen molar-refractivity contribution >= 4 is 64.9 Å². The lowest BCUT2D eigenvalue weighted by Gasteiger charge is -2.17. The average molecular weight is 496 g/mol. The molecule has 0 amide bonds. The van der Waals surface area contributed by atoms with Crippen molar-refractivity contribution in [2.45, 2.75) is 83.1 Å². The SMILES string of the molecule is Cc1c(C)c2c(C)c(C)c(C)c3c4nc5c(cc4c(c1C)c23)c1c(C)c(C)c(C)c2c(C)c(C)c(C)c5c21. The maximum atomic E-state index is 5.68. The molecular weight excluding hydrogens is 458 g/mol. The molecule has 0 aliphatic rings. The number of benzene rings is 4. The van der Waals surface area contributed by atoms with Crippen LogP contribution in [0.2, 0.25) is 0 Å². The van der Waals surface area contributed by atoms with E-state index >= 15 is 0 Å². The Morgan fingerprint density at radius 2 is 0.553 bits per heavy atom. The average Bonchev–Trinajstić information content (AvgIpc) is 3.39. The van der Waals surface area contributed by atoms with E-state index in [1.54, 1.807) is 0 Å². The number of aromatic nitrogens is 1. The molecule has 0 spiro atoms. The van der Waals surface area contributed by atoms with Crippen LogP contribution in [0.25, 0.3) is 64.9 Å². The van der Waals surface area contributed by atoms with Crippen molar-refractivity contribution in [2.75, 3.05) is 0 Å². The van der Waals surface area contributed by atoms with Gasteiger partial charge in [0.15, 0.2) is 0 Å². The van der Waals surface area contributed by atoms with Crippen LogP contribution in [0.1, 0.15) is 66.8 Å². The summed E-state index contributed by atoms with van der Waals surface area (Å²) in [6, 6.07) is 2.51. The van der Waals surface area contributed by atoms with Gasteiger partial charge in [-0.3, -0.25) is 0 Å². The molecule has 0 aliphatic carbocycles. The number of pyridine rings is 1. The quantitative estimate of drug-likeness (QED) is 0.204. The Bertz CT molecular complexity index is 1920. The van der Waals surface area contributed by atoms with Crippen molar-refractivity contribution < 1.29 is 0 Å². The smallest absolute Gasteiger partial charge is 0.0797 e. The molecule has 0 bridgehead atoms. The Labute approximate surface area is 225 Å². The van der Waals surface area contributed by atoms with E-state index in [-0.39, 0.29) is 0 Å². The lowest BCUT2D eigenvalue weighted by atomic mass is 9.86. The molecule has 0 radical (unpaired) electrons. The van der Waals surface area contributed by atoms with E-state index in [1.165, 1.54) is 132 Å². The van der Waals surface area contributed by atoms with Gasteiger partial charge in [-0.25, -0.2) is 4.98 Å². The van der Waals surface area contributed by atoms with E-state index in [1.807, 2.05) is 0 Å². The summed E-state index contributed by atoms with van der Waals surface area (Å²) in [6.07, 6.45) is 0. The van der Waals surface area contributed by atoms with Crippen molar-refractivity contribution in [3.63, 3.8) is 0 Å². The van der Waals surface area contributed by atoms with Gasteiger partial charge in [0.2, 0.25) is 0 Å². The molecule has 1 aromatic heterocycles. The second kappa shape index (κ2) is 7.14. The van der Waals surface area contributed by atoms with Gasteiger partial charge in [0.25, 0.3) is 0 Å². The lowest BCUT2D eigenvalue weighted by Crippen LogP contribution is -1.96. The zero-order valence-corrected chi connectivity index (χ0v) is 25.0. The normalized spacial score (nSPS) is 12.7. The maximum absolute atomic E-state index is 5.68. The second-order valence-corrected chi connectivity index (χ2v) is 12.3. The van der Waals surface area contributed by atoms with Crippen LogP contribution < -0.4 is 0 Å². The third-order valence-electron chi connectivity index (χ3n) is 11.0. The summed E-state index contributed by atoms with van der Waals surface area (Å²) >= 11 is 0. The van der Waals surface area contributed by atoms with Gasteiger partial charge >= 0.3 is 0 Å². The zero-order chi connectivity index (χ0) is 27.3. The summed E-state index contributed by atoms with van der Waals surface area (Å²) in [5, 5.41) is 13.9. The summed E-state index contributed by atoms with van der Waals surface area (Å²) in [5.41, 5.74) is 19.2. The third-order valence-corrected chi connectivity index (χ3v) is 11.0. The van der Waals surface area contributed by atoms with Gasteiger partial charge < -0.3 is 0 Å². The highest BCUT2D eigenvalue weighted by Gasteiger charge is 2.27. The molecule has 0 fully saturated rings. The van der Waals surface area contributed by atoms with Gasteiger partial charge in [-0.2, -0.15) is 0 Å². The molecule has 0 atom stereocenters. The van der Waals surface area contributed by atoms with Crippen LogP contribution in [0.4, 0.5) is 0 Å². The first-order valence-corrected chi connectivity index (χ1v) is 14.0. The van der Waals surface area contributed by atoms with Gasteiger partial charge in [0.1, 0.15) is 0 Å². The number of rotatable bonds is 0. The van der Waals surface area contributed by atoms with Crippen LogP contribution in [-0.2, 0) is 0 Å². The van der Waals surface area contributed by atoms with Gasteiger partial charge in [-0.1, -0.05) is 0 Å². The molecular formula is C37H37N. The van der Waals surface area contributed by atoms with Crippen molar-refractivity contribution in [3.8, 4) is 0 Å². The summed E-state index contributed by atoms with van der Waals surface area (Å²) in [4.78, 5) is 5.68. The maximum Gasteiger partial charge on any atom is 0.0797 e. The monoisotopic (exact) mass is 495 g/mol. The van der Waals surface area contributed by atoms with Crippen molar-refractivity contribution in [1.82, 2.24) is 4.98 Å². The number of hydrogen-bond acceptors (Lipinski definition) is 1. The molecule has 7 aromatic rings. The molecule has 1 nitrogen and oxygen atoms in total. The standard InChI is InChI=1S/C37H37N/c1-14-18(5)28-20(7)16(3)24(11)32-34(28)30(22(14)9)26-13-27-31-23(10)15(2)19(6)29-21(8)17(4)25(12)33(35(29)31)37(27)38-36(26)32/h13H,1-12H3. The minimum absolute atomic E-state index is 1.18. The van der Waals surface area contributed by atoms with Crippen LogP contribution in [-0.4, -0.2) is 4.98 Å². The van der Waals surface area contributed by atoms with Gasteiger partial charge in [-0.15, -0.1) is 0 Å². The first-order valence-electron chi connectivity index (χ1n) is 14.0. The van der Waals surface area contributed by atoms with E-state index in [0.29, 0.717) is 0 Å². The number of fused-ring (bicyclic) bond motifs is 6. The molecule has 0 saturated heterocycles. The fourth-order valence-corrected chi connectivity index (χ4v) is 7.98. The molecule has 0 unspecified atom stereocenters. The Kier molecular flexibility index (Phi) is 4.44. The van der Waals surface area contributed by atoms with Crippen LogP contribution >= 0.6 is 0 Å². The molecule has 0 saturated carbocycles. The first kappa shape index (κ1) is 23.7. The number of nitrogens with zero attached hydrogens (tertiary/aromatic N) is 1. The largest absolute Gasteiger partial charge is 0.246 e. The predicted molar refractivity (Wildman–Crippen MR) is 168 cm³/mol. The number of hydrogen-bond donors (Lipinski definition) is 0. The van der Waals surface area contributed by atoms with Crippen LogP contribution in [0.3, 0.4) is 0 Å². The molecule has 1 heterocycles. The number of aryl methyl sites for hydroxylation is 8. The molecule has 1 heteroatoms. The third kappa shape index (κ3) is 2.39. The van der Waals surface area contributed by atoms with Gasteiger partial charge in [0, 0.05) is 32.3 Å². The van der Waals surface area contributed by atoms with E-state index in [2.05, 4.69) is 89.2 Å². The van der Waals surface area contributed by atoms with E-state index in [0.717, 1.165) is 0 Å². The topological polar surface area (TPSA) is 12.9 Å². The summed E-state index contributed by atoms with van der Waals surface area (Å²) in [7, 11) is 0. The first-order chi connectivity index (χ1) is 17.9. The zero-order valence-electron chi connectivity index (χ0n) is 25.0. The minimum atomic E-state index is 1.18. The van der Waals surface area contributed by atoms with Crippen LogP contribution in [0.15, 0.2) is 6.07 Å². The molecule has 6 aromatic carbocycles. The van der Waals surface area contributed by atoms with Crippen LogP contribution in [0, 0.1) is 83.1 Å². The van der Waals surface area contributed by atoms with Crippen molar-refractivity contribution in [1.29, 1.82) is 0 Å². The highest BCUT2D eigenvalue weighted by Crippen LogP contribution is 2.50. The Morgan fingerprint density at radius 1 is 0.289 bits per heavy atom. The molecule has 38 heavy (non-hydrogen) atoms. The summed E-state index contributed by atoms with van der Waals surface area (Å²) in [6.45, 7) is 27.7. The van der Waals surface area contributed by atoms with E-state index in [4.69, 9.17) is 4.98 Å². The minimum Gasteiger partial charge on any atom is -0.246 e. The van der Waals surface area contributed by atoms with Gasteiger partial charge in [-0.05, 0) is 177 Å². The molecule has 190 valence electrons. The molecule has 0 aliphatic heterocycles. The summed E-state index contributed by atoms with van der Waals surface area (Å²) in [5.74, 6) is 0. The molecule has 7 rings (SSSR count). The van der Waals surface area contributed by atoms with Crippen molar-refractivity contribution in [2.24, 2.45) is 0 Å². The van der Waals surface area contributed by atoms with E-state index < -0.39 is 0 Å². The fourth-order valence-electron chi connectivity index (χ4n) is 7.98. The Hall–Kier alpha value is -3.45. The van der Waals surface area contributed by atoms with Crippen molar-refractivity contribution in [3.05, 3.63) is 72.8 Å². The highest BCUT2D eigenvalue weighted by atomic mass is 14.7. The Morgan fingerprint density at radius 3 is 0.868 bits per heavy atom. The lowest BCUT2D eigenvalue weighted by molar-refractivity contribution is 1.28. The molecule has 0 N–H and O–H groups in total.